The lowest BCUT2D eigenvalue weighted by Crippen LogP contribution is -2.43. The number of rotatable bonds is 3. The molecule has 0 aliphatic carbocycles. The van der Waals surface area contributed by atoms with E-state index in [4.69, 9.17) is 0 Å². The van der Waals surface area contributed by atoms with Crippen LogP contribution in [0.3, 0.4) is 0 Å². The minimum atomic E-state index is -0.795. The van der Waals surface area contributed by atoms with Crippen LogP contribution in [0.5, 0.6) is 0 Å². The summed E-state index contributed by atoms with van der Waals surface area (Å²) < 4.78 is 0. The van der Waals surface area contributed by atoms with Crippen LogP contribution in [-0.2, 0) is 0 Å². The van der Waals surface area contributed by atoms with Crippen molar-refractivity contribution in [3.63, 3.8) is 0 Å². The second kappa shape index (κ2) is 5.50. The van der Waals surface area contributed by atoms with Gasteiger partial charge < -0.3 is 14.9 Å². The average Bonchev–Trinajstić information content (AvgIpc) is 2.68. The number of amides is 1. The van der Waals surface area contributed by atoms with Crippen molar-refractivity contribution in [3.05, 3.63) is 29.1 Å². The fourth-order valence-corrected chi connectivity index (χ4v) is 2.89. The van der Waals surface area contributed by atoms with Crippen molar-refractivity contribution in [1.82, 2.24) is 14.8 Å². The average molecular weight is 277 g/mol. The van der Waals surface area contributed by atoms with E-state index in [1.165, 1.54) is 0 Å². The number of hydrogen-bond acceptors (Lipinski definition) is 4. The van der Waals surface area contributed by atoms with Crippen molar-refractivity contribution in [2.75, 3.05) is 33.7 Å². The van der Waals surface area contributed by atoms with Gasteiger partial charge in [-0.05, 0) is 46.5 Å². The largest absolute Gasteiger partial charge is 0.387 e. The van der Waals surface area contributed by atoms with E-state index < -0.39 is 5.60 Å². The number of carbonyl (C=O) groups is 1. The Balaban J connectivity index is 2.11. The van der Waals surface area contributed by atoms with E-state index in [9.17, 15) is 9.90 Å². The van der Waals surface area contributed by atoms with Crippen molar-refractivity contribution in [1.29, 1.82) is 0 Å². The molecule has 1 aromatic rings. The van der Waals surface area contributed by atoms with Gasteiger partial charge >= 0.3 is 0 Å². The summed E-state index contributed by atoms with van der Waals surface area (Å²) in [5, 5.41) is 10.5. The van der Waals surface area contributed by atoms with Crippen LogP contribution in [0.15, 0.2) is 12.1 Å². The number of pyridine rings is 1. The zero-order valence-electron chi connectivity index (χ0n) is 12.7. The van der Waals surface area contributed by atoms with Gasteiger partial charge in [-0.2, -0.15) is 0 Å². The Labute approximate surface area is 120 Å². The lowest BCUT2D eigenvalue weighted by Gasteiger charge is -2.26. The fourth-order valence-electron chi connectivity index (χ4n) is 2.89. The van der Waals surface area contributed by atoms with Crippen LogP contribution in [0.4, 0.5) is 0 Å². The number of carbonyl (C=O) groups excluding carboxylic acids is 1. The molecule has 5 heteroatoms. The molecule has 2 rings (SSSR count). The molecule has 1 amide bonds. The Bertz CT molecular complexity index is 496. The SMILES string of the molecule is Cc1cc(C(=O)N2CC[C@](O)(CN(C)C)C2)cc(C)n1. The van der Waals surface area contributed by atoms with Gasteiger partial charge in [-0.1, -0.05) is 0 Å². The summed E-state index contributed by atoms with van der Waals surface area (Å²) in [6.07, 6.45) is 0.625. The molecule has 0 bridgehead atoms. The Morgan fingerprint density at radius 2 is 2.00 bits per heavy atom. The molecular formula is C15H23N3O2. The highest BCUT2D eigenvalue weighted by atomic mass is 16.3. The molecule has 1 aliphatic rings. The molecule has 0 saturated carbocycles. The molecule has 0 radical (unpaired) electrons. The highest BCUT2D eigenvalue weighted by Gasteiger charge is 2.38. The van der Waals surface area contributed by atoms with Crippen LogP contribution in [0.25, 0.3) is 0 Å². The maximum absolute atomic E-state index is 12.5. The Kier molecular flexibility index (Phi) is 4.11. The van der Waals surface area contributed by atoms with Gasteiger partial charge in [0.15, 0.2) is 0 Å². The lowest BCUT2D eigenvalue weighted by atomic mass is 10.0. The van der Waals surface area contributed by atoms with Crippen molar-refractivity contribution < 1.29 is 9.90 Å². The molecule has 1 N–H and O–H groups in total. The van der Waals surface area contributed by atoms with Gasteiger partial charge in [0.05, 0.1) is 12.1 Å². The van der Waals surface area contributed by atoms with E-state index in [-0.39, 0.29) is 5.91 Å². The first-order valence-electron chi connectivity index (χ1n) is 6.91. The number of nitrogens with zero attached hydrogens (tertiary/aromatic N) is 3. The summed E-state index contributed by atoms with van der Waals surface area (Å²) in [7, 11) is 3.86. The van der Waals surface area contributed by atoms with Gasteiger partial charge in [0, 0.05) is 30.0 Å². The molecule has 1 saturated heterocycles. The predicted molar refractivity (Wildman–Crippen MR) is 77.7 cm³/mol. The van der Waals surface area contributed by atoms with E-state index >= 15 is 0 Å². The number of aromatic nitrogens is 1. The van der Waals surface area contributed by atoms with Crippen LogP contribution in [0.2, 0.25) is 0 Å². The molecule has 1 aromatic heterocycles. The molecule has 5 nitrogen and oxygen atoms in total. The second-order valence-corrected chi connectivity index (χ2v) is 6.08. The van der Waals surface area contributed by atoms with Gasteiger partial charge in [0.2, 0.25) is 0 Å². The summed E-state index contributed by atoms with van der Waals surface area (Å²) in [6, 6.07) is 3.61. The highest BCUT2D eigenvalue weighted by Crippen LogP contribution is 2.23. The summed E-state index contributed by atoms with van der Waals surface area (Å²) in [6.45, 7) is 5.34. The normalized spacial score (nSPS) is 22.6. The molecule has 110 valence electrons. The number of hydrogen-bond donors (Lipinski definition) is 1. The number of β-amino-alcohol motifs (C(OH)–C–C–N with tert-alkyl or cyclic N) is 1. The summed E-state index contributed by atoms with van der Waals surface area (Å²) >= 11 is 0. The Morgan fingerprint density at radius 1 is 1.40 bits per heavy atom. The number of likely N-dealkylation sites (N-methyl/N-ethyl adjacent to an activating group) is 1. The van der Waals surface area contributed by atoms with Crippen LogP contribution < -0.4 is 0 Å². The molecule has 2 heterocycles. The second-order valence-electron chi connectivity index (χ2n) is 6.08. The van der Waals surface area contributed by atoms with E-state index in [1.807, 2.05) is 32.8 Å². The topological polar surface area (TPSA) is 56.7 Å². The third-order valence-electron chi connectivity index (χ3n) is 3.56. The van der Waals surface area contributed by atoms with E-state index in [2.05, 4.69) is 4.98 Å². The zero-order valence-corrected chi connectivity index (χ0v) is 12.7. The van der Waals surface area contributed by atoms with Crippen molar-refractivity contribution in [2.45, 2.75) is 25.9 Å². The van der Waals surface area contributed by atoms with E-state index in [1.54, 1.807) is 17.0 Å². The first-order chi connectivity index (χ1) is 9.29. The van der Waals surface area contributed by atoms with Gasteiger partial charge in [0.1, 0.15) is 0 Å². The smallest absolute Gasteiger partial charge is 0.254 e. The molecule has 1 atom stereocenters. The van der Waals surface area contributed by atoms with Crippen molar-refractivity contribution in [2.24, 2.45) is 0 Å². The first kappa shape index (κ1) is 14.9. The van der Waals surface area contributed by atoms with Gasteiger partial charge in [-0.15, -0.1) is 0 Å². The summed E-state index contributed by atoms with van der Waals surface area (Å²) in [5.41, 5.74) is 1.55. The molecule has 0 aromatic carbocycles. The Morgan fingerprint density at radius 3 is 2.55 bits per heavy atom. The van der Waals surface area contributed by atoms with E-state index in [0.717, 1.165) is 11.4 Å². The standard InChI is InChI=1S/C15H23N3O2/c1-11-7-13(8-12(2)16-11)14(19)18-6-5-15(20,10-18)9-17(3)4/h7-8,20H,5-6,9-10H2,1-4H3/t15-/m0/s1. The Hall–Kier alpha value is -1.46. The predicted octanol–water partition coefficient (Wildman–Crippen LogP) is 0.837. The quantitative estimate of drug-likeness (QED) is 0.889. The minimum Gasteiger partial charge on any atom is -0.387 e. The maximum atomic E-state index is 12.5. The number of aliphatic hydroxyl groups is 1. The first-order valence-corrected chi connectivity index (χ1v) is 6.91. The monoisotopic (exact) mass is 277 g/mol. The number of aryl methyl sites for hydroxylation is 2. The third-order valence-corrected chi connectivity index (χ3v) is 3.56. The minimum absolute atomic E-state index is 0.0201. The fraction of sp³-hybridized carbons (Fsp3) is 0.600. The van der Waals surface area contributed by atoms with Gasteiger partial charge in [-0.3, -0.25) is 9.78 Å². The third kappa shape index (κ3) is 3.35. The zero-order chi connectivity index (χ0) is 14.9. The lowest BCUT2D eigenvalue weighted by molar-refractivity contribution is 0.0236. The van der Waals surface area contributed by atoms with Gasteiger partial charge in [-0.25, -0.2) is 0 Å². The summed E-state index contributed by atoms with van der Waals surface area (Å²) in [5.74, 6) is -0.0201. The van der Waals surface area contributed by atoms with Crippen molar-refractivity contribution >= 4 is 5.91 Å². The maximum Gasteiger partial charge on any atom is 0.254 e. The summed E-state index contributed by atoms with van der Waals surface area (Å²) in [4.78, 5) is 20.5. The van der Waals surface area contributed by atoms with Crippen LogP contribution in [-0.4, -0.2) is 65.1 Å². The van der Waals surface area contributed by atoms with Crippen LogP contribution >= 0.6 is 0 Å². The number of likely N-dealkylation sites (tertiary alicyclic amines) is 1. The molecular weight excluding hydrogens is 254 g/mol. The van der Waals surface area contributed by atoms with Gasteiger partial charge in [0.25, 0.3) is 5.91 Å². The van der Waals surface area contributed by atoms with E-state index in [0.29, 0.717) is 31.6 Å². The molecule has 20 heavy (non-hydrogen) atoms. The molecule has 1 aliphatic heterocycles. The van der Waals surface area contributed by atoms with Crippen LogP contribution in [0, 0.1) is 13.8 Å². The molecule has 1 fully saturated rings. The van der Waals surface area contributed by atoms with Crippen LogP contribution in [0.1, 0.15) is 28.2 Å². The van der Waals surface area contributed by atoms with Crippen molar-refractivity contribution in [3.8, 4) is 0 Å². The molecule has 0 spiro atoms. The molecule has 0 unspecified atom stereocenters. The highest BCUT2D eigenvalue weighted by molar-refractivity contribution is 5.94.